The second kappa shape index (κ2) is 7.26. The molecule has 0 aliphatic rings. The Morgan fingerprint density at radius 3 is 2.54 bits per heavy atom. The summed E-state index contributed by atoms with van der Waals surface area (Å²) < 4.78 is 29.0. The summed E-state index contributed by atoms with van der Waals surface area (Å²) in [6.45, 7) is 0. The topological polar surface area (TPSA) is 130 Å². The highest BCUT2D eigenvalue weighted by atomic mass is 35.5. The molecule has 0 fully saturated rings. The number of benzene rings is 1. The van der Waals surface area contributed by atoms with Crippen molar-refractivity contribution in [2.45, 2.75) is 6.43 Å². The van der Waals surface area contributed by atoms with Crippen molar-refractivity contribution >= 4 is 23.5 Å². The number of hydrogen-bond donors (Lipinski definition) is 1. The number of carbonyl (C=O) groups is 1. The first-order valence-electron chi connectivity index (χ1n) is 7.52. The fourth-order valence-electron chi connectivity index (χ4n) is 2.33. The van der Waals surface area contributed by atoms with Crippen LogP contribution in [0.15, 0.2) is 27.8 Å². The lowest BCUT2D eigenvalue weighted by Gasteiger charge is -2.13. The van der Waals surface area contributed by atoms with E-state index in [1.165, 1.54) is 13.1 Å². The first-order chi connectivity index (χ1) is 13.2. The van der Waals surface area contributed by atoms with Crippen LogP contribution in [-0.4, -0.2) is 40.5 Å². The van der Waals surface area contributed by atoms with Gasteiger partial charge in [0.05, 0.1) is 5.69 Å². The predicted molar refractivity (Wildman–Crippen MR) is 91.8 cm³/mol. The summed E-state index contributed by atoms with van der Waals surface area (Å²) >= 11 is 5.73. The van der Waals surface area contributed by atoms with E-state index in [-0.39, 0.29) is 11.0 Å². The number of rotatable bonds is 4. The summed E-state index contributed by atoms with van der Waals surface area (Å²) in [6.07, 6.45) is -3.03. The lowest BCUT2D eigenvalue weighted by atomic mass is 10.2. The molecule has 2 aromatic heterocycles. The third-order valence-electron chi connectivity index (χ3n) is 3.65. The van der Waals surface area contributed by atoms with E-state index in [0.717, 1.165) is 23.9 Å². The standard InChI is InChI=1S/C14H11ClF2N8O3/c1-23-13(19-21-22-23)18-11(26)9-12(27)25(14(28)24(2)20-9)8-4-3-6(15)5-7(8)10(16)17/h3-5,10H,1-2H3,(H,18,19,22,26). The number of hydrogen-bond acceptors (Lipinski definition) is 7. The Bertz CT molecular complexity index is 1190. The first kappa shape index (κ1) is 19.3. The summed E-state index contributed by atoms with van der Waals surface area (Å²) in [7, 11) is 2.60. The molecule has 0 radical (unpaired) electrons. The number of carbonyl (C=O) groups excluding carboxylic acids is 1. The van der Waals surface area contributed by atoms with Gasteiger partial charge in [-0.25, -0.2) is 27.5 Å². The number of nitrogens with zero attached hydrogens (tertiary/aromatic N) is 7. The van der Waals surface area contributed by atoms with Gasteiger partial charge in [0, 0.05) is 24.7 Å². The Morgan fingerprint density at radius 2 is 1.93 bits per heavy atom. The predicted octanol–water partition coefficient (Wildman–Crippen LogP) is 0.298. The van der Waals surface area contributed by atoms with E-state index in [0.29, 0.717) is 9.25 Å². The Labute approximate surface area is 159 Å². The normalized spacial score (nSPS) is 11.1. The van der Waals surface area contributed by atoms with Gasteiger partial charge < -0.3 is 0 Å². The van der Waals surface area contributed by atoms with Gasteiger partial charge in [-0.05, 0) is 28.6 Å². The second-order valence-electron chi connectivity index (χ2n) is 5.48. The van der Waals surface area contributed by atoms with Crippen LogP contribution in [0.4, 0.5) is 14.7 Å². The van der Waals surface area contributed by atoms with Crippen molar-refractivity contribution in [2.75, 3.05) is 5.32 Å². The van der Waals surface area contributed by atoms with Crippen molar-refractivity contribution in [1.29, 1.82) is 0 Å². The van der Waals surface area contributed by atoms with Gasteiger partial charge in [-0.15, -0.1) is 0 Å². The average molecular weight is 413 g/mol. The molecule has 146 valence electrons. The largest absolute Gasteiger partial charge is 0.351 e. The Balaban J connectivity index is 2.20. The molecule has 0 bridgehead atoms. The van der Waals surface area contributed by atoms with Crippen LogP contribution in [0, 0.1) is 0 Å². The van der Waals surface area contributed by atoms with Crippen molar-refractivity contribution in [3.63, 3.8) is 0 Å². The highest BCUT2D eigenvalue weighted by Gasteiger charge is 2.24. The fourth-order valence-corrected chi connectivity index (χ4v) is 2.51. The minimum absolute atomic E-state index is 0.00859. The zero-order valence-electron chi connectivity index (χ0n) is 14.3. The second-order valence-corrected chi connectivity index (χ2v) is 5.92. The van der Waals surface area contributed by atoms with Gasteiger partial charge >= 0.3 is 5.69 Å². The number of alkyl halides is 2. The molecule has 1 N–H and O–H groups in total. The third kappa shape index (κ3) is 3.38. The molecule has 3 rings (SSSR count). The van der Waals surface area contributed by atoms with E-state index >= 15 is 0 Å². The number of tetrazole rings is 1. The molecular formula is C14H11ClF2N8O3. The first-order valence-corrected chi connectivity index (χ1v) is 7.90. The molecule has 0 saturated heterocycles. The lowest BCUT2D eigenvalue weighted by Crippen LogP contribution is -2.44. The molecule has 2 heterocycles. The van der Waals surface area contributed by atoms with Crippen LogP contribution in [0.25, 0.3) is 5.69 Å². The van der Waals surface area contributed by atoms with E-state index in [2.05, 4.69) is 25.9 Å². The van der Waals surface area contributed by atoms with Gasteiger partial charge in [0.1, 0.15) is 0 Å². The monoisotopic (exact) mass is 412 g/mol. The highest BCUT2D eigenvalue weighted by molar-refractivity contribution is 6.30. The summed E-state index contributed by atoms with van der Waals surface area (Å²) in [4.78, 5) is 37.6. The number of aromatic nitrogens is 7. The molecule has 1 aromatic carbocycles. The van der Waals surface area contributed by atoms with Gasteiger partial charge in [-0.3, -0.25) is 14.9 Å². The maximum Gasteiger partial charge on any atom is 0.351 e. The SMILES string of the molecule is Cn1nnnc1NC(=O)c1nn(C)c(=O)n(-c2ccc(Cl)cc2C(F)F)c1=O. The van der Waals surface area contributed by atoms with E-state index < -0.39 is 40.5 Å². The van der Waals surface area contributed by atoms with Gasteiger partial charge in [0.15, 0.2) is 0 Å². The Morgan fingerprint density at radius 1 is 1.21 bits per heavy atom. The minimum atomic E-state index is -3.03. The molecule has 3 aromatic rings. The zero-order chi connectivity index (χ0) is 20.6. The Hall–Kier alpha value is -3.48. The van der Waals surface area contributed by atoms with Crippen LogP contribution < -0.4 is 16.6 Å². The van der Waals surface area contributed by atoms with Crippen LogP contribution in [-0.2, 0) is 14.1 Å². The maximum absolute atomic E-state index is 13.4. The number of nitrogens with one attached hydrogen (secondary N) is 1. The summed E-state index contributed by atoms with van der Waals surface area (Å²) in [5.74, 6) is -1.12. The van der Waals surface area contributed by atoms with Gasteiger partial charge in [0.2, 0.25) is 11.6 Å². The molecule has 0 spiro atoms. The molecule has 11 nitrogen and oxygen atoms in total. The molecule has 1 amide bonds. The van der Waals surface area contributed by atoms with Crippen molar-refractivity contribution in [1.82, 2.24) is 34.6 Å². The van der Waals surface area contributed by atoms with Crippen molar-refractivity contribution in [3.05, 3.63) is 55.3 Å². The summed E-state index contributed by atoms with van der Waals surface area (Å²) in [6, 6.07) is 3.25. The fraction of sp³-hybridized carbons (Fsp3) is 0.214. The quantitative estimate of drug-likeness (QED) is 0.652. The van der Waals surface area contributed by atoms with Gasteiger partial charge in [0.25, 0.3) is 17.9 Å². The number of aryl methyl sites for hydroxylation is 2. The van der Waals surface area contributed by atoms with Crippen molar-refractivity contribution in [3.8, 4) is 5.69 Å². The molecule has 0 aliphatic heterocycles. The van der Waals surface area contributed by atoms with Crippen LogP contribution in [0.5, 0.6) is 0 Å². The summed E-state index contributed by atoms with van der Waals surface area (Å²) in [5.41, 5.74) is -4.00. The Kier molecular flexibility index (Phi) is 5.00. The highest BCUT2D eigenvalue weighted by Crippen LogP contribution is 2.27. The summed E-state index contributed by atoms with van der Waals surface area (Å²) in [5, 5.41) is 16.2. The van der Waals surface area contributed by atoms with Crippen LogP contribution in [0.2, 0.25) is 5.02 Å². The van der Waals surface area contributed by atoms with Gasteiger partial charge in [-0.2, -0.15) is 5.10 Å². The van der Waals surface area contributed by atoms with E-state index in [1.54, 1.807) is 0 Å². The van der Waals surface area contributed by atoms with Crippen LogP contribution >= 0.6 is 11.6 Å². The smallest absolute Gasteiger partial charge is 0.288 e. The zero-order valence-corrected chi connectivity index (χ0v) is 15.1. The molecule has 0 atom stereocenters. The molecule has 0 saturated carbocycles. The number of amides is 1. The van der Waals surface area contributed by atoms with E-state index in [9.17, 15) is 23.2 Å². The van der Waals surface area contributed by atoms with Crippen LogP contribution in [0.1, 0.15) is 22.5 Å². The minimum Gasteiger partial charge on any atom is -0.288 e. The molecular weight excluding hydrogens is 402 g/mol. The maximum atomic E-state index is 13.4. The van der Waals surface area contributed by atoms with Crippen LogP contribution in [0.3, 0.4) is 0 Å². The molecule has 0 unspecified atom stereocenters. The van der Waals surface area contributed by atoms with Crippen molar-refractivity contribution in [2.24, 2.45) is 14.1 Å². The molecule has 14 heteroatoms. The third-order valence-corrected chi connectivity index (χ3v) is 3.89. The molecule has 28 heavy (non-hydrogen) atoms. The van der Waals surface area contributed by atoms with E-state index in [4.69, 9.17) is 11.6 Å². The van der Waals surface area contributed by atoms with Gasteiger partial charge in [-0.1, -0.05) is 16.7 Å². The average Bonchev–Trinajstić information content (AvgIpc) is 3.03. The number of halogens is 3. The van der Waals surface area contributed by atoms with E-state index in [1.807, 2.05) is 0 Å². The lowest BCUT2D eigenvalue weighted by molar-refractivity contribution is 0.101. The number of anilines is 1. The van der Waals surface area contributed by atoms with Crippen molar-refractivity contribution < 1.29 is 13.6 Å². The molecule has 0 aliphatic carbocycles.